The first-order valence-corrected chi connectivity index (χ1v) is 9.83. The van der Waals surface area contributed by atoms with Gasteiger partial charge in [-0.3, -0.25) is 14.4 Å². The molecule has 0 aliphatic heterocycles. The van der Waals surface area contributed by atoms with Crippen LogP contribution in [-0.4, -0.2) is 44.5 Å². The van der Waals surface area contributed by atoms with Gasteiger partial charge < -0.3 is 25.4 Å². The van der Waals surface area contributed by atoms with Crippen LogP contribution in [0.5, 0.6) is 11.5 Å². The van der Waals surface area contributed by atoms with Crippen molar-refractivity contribution in [2.75, 3.05) is 20.2 Å². The molecule has 32 heavy (non-hydrogen) atoms. The molecule has 3 amide bonds. The fourth-order valence-electron chi connectivity index (χ4n) is 2.45. The van der Waals surface area contributed by atoms with Crippen LogP contribution in [0.15, 0.2) is 36.4 Å². The summed E-state index contributed by atoms with van der Waals surface area (Å²) in [6.45, 7) is -3.75. The molecule has 0 aliphatic rings. The lowest BCUT2D eigenvalue weighted by atomic mass is 10.2. The van der Waals surface area contributed by atoms with Crippen molar-refractivity contribution in [1.82, 2.24) is 16.0 Å². The number of hydrogen-bond donors (Lipinski definition) is 3. The third-order valence-electron chi connectivity index (χ3n) is 3.97. The van der Waals surface area contributed by atoms with E-state index in [9.17, 15) is 23.2 Å². The molecule has 0 fully saturated rings. The van der Waals surface area contributed by atoms with Gasteiger partial charge in [-0.15, -0.1) is 0 Å². The normalized spacial score (nSPS) is 10.4. The van der Waals surface area contributed by atoms with Gasteiger partial charge in [0.2, 0.25) is 11.8 Å². The van der Waals surface area contributed by atoms with Gasteiger partial charge in [0.25, 0.3) is 5.91 Å². The molecule has 8 nitrogen and oxygen atoms in total. The van der Waals surface area contributed by atoms with Gasteiger partial charge in [0, 0.05) is 11.6 Å². The van der Waals surface area contributed by atoms with Gasteiger partial charge in [-0.25, -0.2) is 0 Å². The maximum absolute atomic E-state index is 12.5. The molecule has 0 bridgehead atoms. The van der Waals surface area contributed by atoms with Crippen LogP contribution in [0, 0.1) is 0 Å². The van der Waals surface area contributed by atoms with Gasteiger partial charge >= 0.3 is 6.61 Å². The molecule has 2 aromatic carbocycles. The monoisotopic (exact) mass is 489 g/mol. The number of amides is 3. The number of ether oxygens (including phenoxy) is 2. The molecule has 2 aromatic rings. The fourth-order valence-corrected chi connectivity index (χ4v) is 2.95. The topological polar surface area (TPSA) is 106 Å². The van der Waals surface area contributed by atoms with Crippen LogP contribution < -0.4 is 25.4 Å². The van der Waals surface area contributed by atoms with E-state index in [1.807, 2.05) is 0 Å². The second-order valence-electron chi connectivity index (χ2n) is 6.22. The molecule has 0 spiro atoms. The minimum Gasteiger partial charge on any atom is -0.493 e. The average molecular weight is 490 g/mol. The highest BCUT2D eigenvalue weighted by atomic mass is 35.5. The highest BCUT2D eigenvalue weighted by Crippen LogP contribution is 2.29. The van der Waals surface area contributed by atoms with Crippen LogP contribution in [0.2, 0.25) is 10.0 Å². The Morgan fingerprint density at radius 2 is 1.62 bits per heavy atom. The summed E-state index contributed by atoms with van der Waals surface area (Å²) >= 11 is 11.7. The molecule has 0 heterocycles. The van der Waals surface area contributed by atoms with Crippen molar-refractivity contribution in [1.29, 1.82) is 0 Å². The molecular weight excluding hydrogens is 471 g/mol. The molecule has 0 saturated carbocycles. The van der Waals surface area contributed by atoms with E-state index in [0.717, 1.165) is 0 Å². The van der Waals surface area contributed by atoms with Crippen molar-refractivity contribution < 1.29 is 32.6 Å². The van der Waals surface area contributed by atoms with E-state index in [0.29, 0.717) is 10.6 Å². The summed E-state index contributed by atoms with van der Waals surface area (Å²) in [5.74, 6) is -1.76. The molecule has 3 N–H and O–H groups in total. The Labute approximate surface area is 192 Å². The van der Waals surface area contributed by atoms with Crippen LogP contribution in [0.3, 0.4) is 0 Å². The second kappa shape index (κ2) is 12.1. The van der Waals surface area contributed by atoms with Gasteiger partial charge in [0.1, 0.15) is 0 Å². The van der Waals surface area contributed by atoms with Crippen LogP contribution in [0.1, 0.15) is 15.9 Å². The molecule has 172 valence electrons. The molecule has 0 saturated heterocycles. The van der Waals surface area contributed by atoms with E-state index in [2.05, 4.69) is 20.7 Å². The fraction of sp³-hybridized carbons (Fsp3) is 0.250. The summed E-state index contributed by atoms with van der Waals surface area (Å²) in [6.07, 6.45) is 0. The average Bonchev–Trinajstić information content (AvgIpc) is 2.74. The van der Waals surface area contributed by atoms with Gasteiger partial charge in [0.05, 0.1) is 30.8 Å². The number of benzene rings is 2. The summed E-state index contributed by atoms with van der Waals surface area (Å²) in [6, 6.07) is 8.60. The molecular formula is C20H19Cl2F2N3O5. The Morgan fingerprint density at radius 1 is 0.938 bits per heavy atom. The highest BCUT2D eigenvalue weighted by Gasteiger charge is 2.14. The quantitative estimate of drug-likeness (QED) is 0.475. The summed E-state index contributed by atoms with van der Waals surface area (Å²) in [5, 5.41) is 7.74. The van der Waals surface area contributed by atoms with E-state index >= 15 is 0 Å². The number of halogens is 4. The number of alkyl halides is 2. The number of rotatable bonds is 10. The van der Waals surface area contributed by atoms with Crippen molar-refractivity contribution >= 4 is 40.9 Å². The lowest BCUT2D eigenvalue weighted by Gasteiger charge is -2.12. The first-order chi connectivity index (χ1) is 15.2. The van der Waals surface area contributed by atoms with Crippen molar-refractivity contribution in [3.8, 4) is 11.5 Å². The Hall–Kier alpha value is -3.11. The van der Waals surface area contributed by atoms with E-state index in [-0.39, 0.29) is 41.7 Å². The highest BCUT2D eigenvalue weighted by molar-refractivity contribution is 6.36. The lowest BCUT2D eigenvalue weighted by Crippen LogP contribution is -2.41. The van der Waals surface area contributed by atoms with Crippen molar-refractivity contribution in [3.63, 3.8) is 0 Å². The zero-order valence-electron chi connectivity index (χ0n) is 16.7. The van der Waals surface area contributed by atoms with Gasteiger partial charge in [0.15, 0.2) is 11.5 Å². The molecule has 0 aromatic heterocycles. The van der Waals surface area contributed by atoms with Crippen LogP contribution in [0.4, 0.5) is 8.78 Å². The first kappa shape index (κ1) is 25.2. The Bertz CT molecular complexity index is 992. The van der Waals surface area contributed by atoms with Gasteiger partial charge in [-0.1, -0.05) is 29.3 Å². The Balaban J connectivity index is 1.77. The molecule has 0 radical (unpaired) electrons. The van der Waals surface area contributed by atoms with E-state index in [1.54, 1.807) is 6.07 Å². The van der Waals surface area contributed by atoms with Crippen LogP contribution in [0.25, 0.3) is 0 Å². The van der Waals surface area contributed by atoms with Crippen LogP contribution in [-0.2, 0) is 16.1 Å². The maximum Gasteiger partial charge on any atom is 0.387 e. The summed E-state index contributed by atoms with van der Waals surface area (Å²) in [5.41, 5.74) is 0.629. The molecule has 12 heteroatoms. The van der Waals surface area contributed by atoms with Crippen molar-refractivity contribution in [2.24, 2.45) is 0 Å². The lowest BCUT2D eigenvalue weighted by molar-refractivity contribution is -0.125. The zero-order chi connectivity index (χ0) is 23.7. The van der Waals surface area contributed by atoms with Crippen molar-refractivity contribution in [2.45, 2.75) is 13.2 Å². The van der Waals surface area contributed by atoms with Gasteiger partial charge in [-0.2, -0.15) is 8.78 Å². The minimum atomic E-state index is -3.03. The number of carbonyl (C=O) groups is 3. The Kier molecular flexibility index (Phi) is 9.48. The van der Waals surface area contributed by atoms with E-state index < -0.39 is 24.3 Å². The zero-order valence-corrected chi connectivity index (χ0v) is 18.2. The first-order valence-electron chi connectivity index (χ1n) is 9.08. The minimum absolute atomic E-state index is 0.00407. The molecule has 0 aliphatic carbocycles. The Morgan fingerprint density at radius 3 is 2.28 bits per heavy atom. The molecule has 2 rings (SSSR count). The summed E-state index contributed by atoms with van der Waals surface area (Å²) in [4.78, 5) is 35.8. The molecule has 0 unspecified atom stereocenters. The standard InChI is InChI=1S/C20H19Cl2F2N3O5/c1-31-15-5-2-11(6-16(15)32-20(23)24)8-25-17(28)9-26-18(29)10-27-19(30)13-4-3-12(21)7-14(13)22/h2-7,20H,8-10H2,1H3,(H,25,28)(H,26,29)(H,27,30). The van der Waals surface area contributed by atoms with Crippen molar-refractivity contribution in [3.05, 3.63) is 57.6 Å². The number of carbonyl (C=O) groups excluding carboxylic acids is 3. The second-order valence-corrected chi connectivity index (χ2v) is 7.07. The van der Waals surface area contributed by atoms with E-state index in [4.69, 9.17) is 27.9 Å². The largest absolute Gasteiger partial charge is 0.493 e. The van der Waals surface area contributed by atoms with E-state index in [1.165, 1.54) is 37.4 Å². The maximum atomic E-state index is 12.5. The molecule has 0 atom stereocenters. The predicted octanol–water partition coefficient (Wildman–Crippen LogP) is 2.77. The predicted molar refractivity (Wildman–Crippen MR) is 113 cm³/mol. The third-order valence-corrected chi connectivity index (χ3v) is 4.51. The summed E-state index contributed by atoms with van der Waals surface area (Å²) < 4.78 is 34.3. The SMILES string of the molecule is COc1ccc(CNC(=O)CNC(=O)CNC(=O)c2ccc(Cl)cc2Cl)cc1OC(F)F. The van der Waals surface area contributed by atoms with Crippen LogP contribution >= 0.6 is 23.2 Å². The smallest absolute Gasteiger partial charge is 0.387 e. The third kappa shape index (κ3) is 7.86. The number of hydrogen-bond acceptors (Lipinski definition) is 5. The van der Waals surface area contributed by atoms with Gasteiger partial charge in [-0.05, 0) is 35.9 Å². The number of methoxy groups -OCH3 is 1. The summed E-state index contributed by atoms with van der Waals surface area (Å²) in [7, 11) is 1.31. The number of nitrogens with one attached hydrogen (secondary N) is 3.